The van der Waals surface area contributed by atoms with Gasteiger partial charge in [-0.05, 0) is 47.7 Å². The van der Waals surface area contributed by atoms with Crippen molar-refractivity contribution in [3.8, 4) is 0 Å². The van der Waals surface area contributed by atoms with Crippen LogP contribution in [0.3, 0.4) is 0 Å². The van der Waals surface area contributed by atoms with E-state index < -0.39 is 30.0 Å². The average molecular weight is 504 g/mol. The van der Waals surface area contributed by atoms with E-state index in [1.165, 1.54) is 23.1 Å². The van der Waals surface area contributed by atoms with Gasteiger partial charge in [0.1, 0.15) is 5.82 Å². The van der Waals surface area contributed by atoms with Crippen LogP contribution in [0.2, 0.25) is 0 Å². The van der Waals surface area contributed by atoms with Gasteiger partial charge in [0, 0.05) is 12.2 Å². The Labute approximate surface area is 215 Å². The molecule has 8 heteroatoms. The van der Waals surface area contributed by atoms with Gasteiger partial charge in [-0.2, -0.15) is 0 Å². The predicted octanol–water partition coefficient (Wildman–Crippen LogP) is 5.30. The number of anilines is 1. The maximum absolute atomic E-state index is 13.9. The number of ether oxygens (including phenoxy) is 1. The first kappa shape index (κ1) is 25.9. The summed E-state index contributed by atoms with van der Waals surface area (Å²) >= 11 is 0. The van der Waals surface area contributed by atoms with Crippen LogP contribution in [0, 0.1) is 11.7 Å². The molecular formula is C29H30FN3O4. The van der Waals surface area contributed by atoms with Crippen LogP contribution in [0.5, 0.6) is 0 Å². The van der Waals surface area contributed by atoms with E-state index in [1.54, 1.807) is 30.3 Å². The van der Waals surface area contributed by atoms with Crippen molar-refractivity contribution in [2.24, 2.45) is 5.92 Å². The van der Waals surface area contributed by atoms with E-state index in [4.69, 9.17) is 4.74 Å². The van der Waals surface area contributed by atoms with Crippen molar-refractivity contribution in [1.82, 2.24) is 10.2 Å². The summed E-state index contributed by atoms with van der Waals surface area (Å²) in [6.07, 6.45) is -0.589. The topological polar surface area (TPSA) is 87.7 Å². The highest BCUT2D eigenvalue weighted by molar-refractivity contribution is 6.04. The summed E-state index contributed by atoms with van der Waals surface area (Å²) in [5.41, 5.74) is 1.87. The van der Waals surface area contributed by atoms with Crippen LogP contribution < -0.4 is 10.6 Å². The molecule has 0 aromatic heterocycles. The van der Waals surface area contributed by atoms with E-state index in [1.807, 2.05) is 30.3 Å². The van der Waals surface area contributed by atoms with Gasteiger partial charge in [-0.25, -0.2) is 9.18 Å². The Morgan fingerprint density at radius 1 is 0.973 bits per heavy atom. The summed E-state index contributed by atoms with van der Waals surface area (Å²) < 4.78 is 19.6. The Morgan fingerprint density at radius 2 is 1.65 bits per heavy atom. The van der Waals surface area contributed by atoms with E-state index in [0.717, 1.165) is 12.0 Å². The third-order valence-electron chi connectivity index (χ3n) is 6.19. The molecule has 0 radical (unpaired) electrons. The molecule has 1 heterocycles. The van der Waals surface area contributed by atoms with Gasteiger partial charge in [-0.3, -0.25) is 14.5 Å². The number of halogens is 1. The molecule has 0 bridgehead atoms. The van der Waals surface area contributed by atoms with Gasteiger partial charge >= 0.3 is 6.09 Å². The van der Waals surface area contributed by atoms with E-state index in [2.05, 4.69) is 24.5 Å². The summed E-state index contributed by atoms with van der Waals surface area (Å²) in [7, 11) is 0. The lowest BCUT2D eigenvalue weighted by Gasteiger charge is -2.24. The zero-order valence-electron chi connectivity index (χ0n) is 20.8. The smallest absolute Gasteiger partial charge is 0.411 e. The third kappa shape index (κ3) is 6.33. The Kier molecular flexibility index (Phi) is 8.18. The monoisotopic (exact) mass is 503 g/mol. The minimum Gasteiger partial charge on any atom is -0.438 e. The molecule has 4 rings (SSSR count). The molecule has 1 aliphatic heterocycles. The highest BCUT2D eigenvalue weighted by Crippen LogP contribution is 2.34. The quantitative estimate of drug-likeness (QED) is 0.415. The molecule has 0 aliphatic carbocycles. The van der Waals surface area contributed by atoms with Crippen molar-refractivity contribution in [1.29, 1.82) is 0 Å². The Bertz CT molecular complexity index is 1250. The van der Waals surface area contributed by atoms with Crippen LogP contribution in [-0.4, -0.2) is 35.4 Å². The molecule has 0 spiro atoms. The maximum Gasteiger partial charge on any atom is 0.411 e. The van der Waals surface area contributed by atoms with Crippen molar-refractivity contribution in [3.63, 3.8) is 0 Å². The molecule has 192 valence electrons. The second kappa shape index (κ2) is 11.7. The molecule has 7 nitrogen and oxygen atoms in total. The number of amides is 3. The van der Waals surface area contributed by atoms with Crippen molar-refractivity contribution in [2.75, 3.05) is 11.9 Å². The fraction of sp³-hybridized carbons (Fsp3) is 0.276. The molecule has 3 aromatic rings. The Balaban J connectivity index is 1.53. The van der Waals surface area contributed by atoms with Crippen LogP contribution in [0.4, 0.5) is 14.9 Å². The van der Waals surface area contributed by atoms with Gasteiger partial charge in [-0.1, -0.05) is 68.4 Å². The molecule has 1 fully saturated rings. The van der Waals surface area contributed by atoms with Crippen LogP contribution in [0.1, 0.15) is 47.9 Å². The number of cyclic esters (lactones) is 1. The normalized spacial score (nSPS) is 17.0. The van der Waals surface area contributed by atoms with Crippen molar-refractivity contribution in [2.45, 2.75) is 39.0 Å². The van der Waals surface area contributed by atoms with Crippen LogP contribution in [0.25, 0.3) is 0 Å². The molecular weight excluding hydrogens is 473 g/mol. The molecule has 1 aliphatic rings. The second-order valence-electron chi connectivity index (χ2n) is 9.39. The molecule has 37 heavy (non-hydrogen) atoms. The minimum atomic E-state index is -0.862. The van der Waals surface area contributed by atoms with E-state index in [-0.39, 0.29) is 18.0 Å². The number of carbonyl (C=O) groups excluding carboxylic acids is 3. The average Bonchev–Trinajstić information content (AvgIpc) is 3.20. The van der Waals surface area contributed by atoms with Crippen LogP contribution in [-0.2, 0) is 16.1 Å². The first-order chi connectivity index (χ1) is 17.8. The fourth-order valence-corrected chi connectivity index (χ4v) is 4.18. The van der Waals surface area contributed by atoms with Crippen molar-refractivity contribution >= 4 is 23.6 Å². The van der Waals surface area contributed by atoms with Crippen LogP contribution in [0.15, 0.2) is 78.9 Å². The molecule has 0 saturated carbocycles. The summed E-state index contributed by atoms with van der Waals surface area (Å²) in [4.78, 5) is 40.1. The number of benzene rings is 3. The zero-order valence-corrected chi connectivity index (χ0v) is 20.8. The molecule has 2 unspecified atom stereocenters. The standard InChI is InChI=1S/C29H30FN3O4/c1-19(2)16-17-31-28(35)25-26(37-29(36)33(25)18-20-8-4-3-5-9-20)21-12-14-22(15-13-21)32-27(34)23-10-6-7-11-24(23)30/h3-15,19,25-26H,16-18H2,1-2H3,(H,31,35)(H,32,34). The predicted molar refractivity (Wildman–Crippen MR) is 138 cm³/mol. The van der Waals surface area contributed by atoms with Crippen molar-refractivity contribution in [3.05, 3.63) is 101 Å². The van der Waals surface area contributed by atoms with Gasteiger partial charge in [0.2, 0.25) is 5.91 Å². The minimum absolute atomic E-state index is 0.0639. The molecule has 3 amide bonds. The summed E-state index contributed by atoms with van der Waals surface area (Å²) in [5.74, 6) is -1.05. The Hall–Kier alpha value is -4.20. The summed E-state index contributed by atoms with van der Waals surface area (Å²) in [6, 6.07) is 20.9. The first-order valence-corrected chi connectivity index (χ1v) is 12.3. The lowest BCUT2D eigenvalue weighted by atomic mass is 10.00. The molecule has 2 N–H and O–H groups in total. The van der Waals surface area contributed by atoms with Gasteiger partial charge in [0.15, 0.2) is 12.1 Å². The molecule has 2 atom stereocenters. The number of carbonyl (C=O) groups is 3. The SMILES string of the molecule is CC(C)CCNC(=O)C1C(c2ccc(NC(=O)c3ccccc3F)cc2)OC(=O)N1Cc1ccccc1. The van der Waals surface area contributed by atoms with Gasteiger partial charge < -0.3 is 15.4 Å². The highest BCUT2D eigenvalue weighted by Gasteiger charge is 2.46. The zero-order chi connectivity index (χ0) is 26.4. The van der Waals surface area contributed by atoms with E-state index in [9.17, 15) is 18.8 Å². The number of nitrogens with one attached hydrogen (secondary N) is 2. The third-order valence-corrected chi connectivity index (χ3v) is 6.19. The number of nitrogens with zero attached hydrogens (tertiary/aromatic N) is 1. The van der Waals surface area contributed by atoms with Gasteiger partial charge in [0.25, 0.3) is 5.91 Å². The summed E-state index contributed by atoms with van der Waals surface area (Å²) in [5, 5.41) is 5.61. The number of hydrogen-bond donors (Lipinski definition) is 2. The fourth-order valence-electron chi connectivity index (χ4n) is 4.18. The number of hydrogen-bond acceptors (Lipinski definition) is 4. The largest absolute Gasteiger partial charge is 0.438 e. The summed E-state index contributed by atoms with van der Waals surface area (Å²) in [6.45, 7) is 4.88. The van der Waals surface area contributed by atoms with E-state index in [0.29, 0.717) is 23.7 Å². The lowest BCUT2D eigenvalue weighted by Crippen LogP contribution is -2.46. The van der Waals surface area contributed by atoms with Gasteiger partial charge in [-0.15, -0.1) is 0 Å². The number of rotatable bonds is 9. The van der Waals surface area contributed by atoms with Gasteiger partial charge in [0.05, 0.1) is 12.1 Å². The van der Waals surface area contributed by atoms with Crippen LogP contribution >= 0.6 is 0 Å². The lowest BCUT2D eigenvalue weighted by molar-refractivity contribution is -0.126. The second-order valence-corrected chi connectivity index (χ2v) is 9.39. The highest BCUT2D eigenvalue weighted by atomic mass is 19.1. The van der Waals surface area contributed by atoms with Crippen molar-refractivity contribution < 1.29 is 23.5 Å². The Morgan fingerprint density at radius 3 is 2.32 bits per heavy atom. The van der Waals surface area contributed by atoms with E-state index >= 15 is 0 Å². The molecule has 1 saturated heterocycles. The maximum atomic E-state index is 13.9. The first-order valence-electron chi connectivity index (χ1n) is 12.3. The molecule has 3 aromatic carbocycles.